The molecule has 2 heterocycles. The zero-order valence-corrected chi connectivity index (χ0v) is 13.7. The van der Waals surface area contributed by atoms with Crippen LogP contribution >= 0.6 is 23.2 Å². The van der Waals surface area contributed by atoms with Gasteiger partial charge in [-0.2, -0.15) is 0 Å². The summed E-state index contributed by atoms with van der Waals surface area (Å²) in [6, 6.07) is 6.63. The van der Waals surface area contributed by atoms with E-state index in [0.29, 0.717) is 32.9 Å². The van der Waals surface area contributed by atoms with Crippen molar-refractivity contribution >= 4 is 34.9 Å². The van der Waals surface area contributed by atoms with E-state index in [4.69, 9.17) is 32.2 Å². The van der Waals surface area contributed by atoms with Gasteiger partial charge in [0.1, 0.15) is 22.8 Å². The second kappa shape index (κ2) is 6.06. The van der Waals surface area contributed by atoms with Crippen LogP contribution in [0.3, 0.4) is 0 Å². The average Bonchev–Trinajstić information content (AvgIpc) is 3.05. The maximum absolute atomic E-state index is 12.5. The molecule has 0 aliphatic rings. The lowest BCUT2D eigenvalue weighted by molar-refractivity contribution is 0.102. The number of aryl methyl sites for hydroxylation is 2. The van der Waals surface area contributed by atoms with Crippen molar-refractivity contribution < 1.29 is 13.8 Å². The minimum Gasteiger partial charge on any atom is -0.360 e. The molecular formula is C15H11Cl2N3O3. The number of nitrogens with zero attached hydrogens (tertiary/aromatic N) is 2. The third-order valence-corrected chi connectivity index (χ3v) is 3.79. The molecule has 3 aromatic rings. The molecule has 0 aliphatic carbocycles. The highest BCUT2D eigenvalue weighted by atomic mass is 35.5. The third-order valence-electron chi connectivity index (χ3n) is 3.16. The van der Waals surface area contributed by atoms with Crippen LogP contribution in [0, 0.1) is 13.8 Å². The largest absolute Gasteiger partial charge is 0.360 e. The molecule has 23 heavy (non-hydrogen) atoms. The van der Waals surface area contributed by atoms with Gasteiger partial charge in [-0.3, -0.25) is 4.79 Å². The number of hydrogen-bond acceptors (Lipinski definition) is 5. The van der Waals surface area contributed by atoms with Gasteiger partial charge in [0.05, 0.1) is 10.0 Å². The van der Waals surface area contributed by atoms with Crippen LogP contribution < -0.4 is 5.32 Å². The highest BCUT2D eigenvalue weighted by Gasteiger charge is 2.25. The molecule has 0 radical (unpaired) electrons. The Hall–Kier alpha value is -2.31. The van der Waals surface area contributed by atoms with Gasteiger partial charge in [-0.05, 0) is 26.0 Å². The van der Waals surface area contributed by atoms with E-state index in [1.165, 1.54) is 0 Å². The predicted molar refractivity (Wildman–Crippen MR) is 85.9 cm³/mol. The molecule has 0 bridgehead atoms. The number of benzene rings is 1. The first kappa shape index (κ1) is 15.6. The Kier molecular flexibility index (Phi) is 4.11. The number of anilines is 1. The van der Waals surface area contributed by atoms with Crippen molar-refractivity contribution in [3.05, 3.63) is 51.4 Å². The Morgan fingerprint density at radius 1 is 1.13 bits per heavy atom. The summed E-state index contributed by atoms with van der Waals surface area (Å²) >= 11 is 12.4. The molecule has 118 valence electrons. The first-order valence-corrected chi connectivity index (χ1v) is 7.38. The smallest absolute Gasteiger partial charge is 0.262 e. The Morgan fingerprint density at radius 2 is 1.83 bits per heavy atom. The topological polar surface area (TPSA) is 81.2 Å². The number of carbonyl (C=O) groups is 1. The Bertz CT molecular complexity index is 866. The summed E-state index contributed by atoms with van der Waals surface area (Å²) in [5.41, 5.74) is 0.950. The summed E-state index contributed by atoms with van der Waals surface area (Å²) in [6.45, 7) is 3.35. The quantitative estimate of drug-likeness (QED) is 0.750. The first-order valence-electron chi connectivity index (χ1n) is 6.62. The fourth-order valence-electron chi connectivity index (χ4n) is 2.14. The normalized spacial score (nSPS) is 10.8. The first-order chi connectivity index (χ1) is 11.0. The van der Waals surface area contributed by atoms with Gasteiger partial charge < -0.3 is 14.4 Å². The number of amides is 1. The van der Waals surface area contributed by atoms with E-state index in [0.717, 1.165) is 0 Å². The van der Waals surface area contributed by atoms with Crippen LogP contribution in [0.2, 0.25) is 10.0 Å². The van der Waals surface area contributed by atoms with Crippen LogP contribution in [0.15, 0.2) is 33.3 Å². The van der Waals surface area contributed by atoms with Crippen molar-refractivity contribution in [1.29, 1.82) is 0 Å². The Balaban J connectivity index is 2.04. The summed E-state index contributed by atoms with van der Waals surface area (Å²) < 4.78 is 10.1. The molecule has 8 heteroatoms. The number of rotatable bonds is 3. The van der Waals surface area contributed by atoms with Crippen LogP contribution in [-0.4, -0.2) is 16.2 Å². The van der Waals surface area contributed by atoms with E-state index in [1.807, 2.05) is 0 Å². The fourth-order valence-corrected chi connectivity index (χ4v) is 2.71. The molecule has 0 atom stereocenters. The molecule has 3 rings (SSSR count). The predicted octanol–water partition coefficient (Wildman–Crippen LogP) is 4.51. The molecule has 0 saturated carbocycles. The zero-order chi connectivity index (χ0) is 16.6. The van der Waals surface area contributed by atoms with Gasteiger partial charge in [-0.15, -0.1) is 0 Å². The lowest BCUT2D eigenvalue weighted by Gasteiger charge is -2.06. The number of hydrogen-bond donors (Lipinski definition) is 1. The van der Waals surface area contributed by atoms with Crippen molar-refractivity contribution in [3.8, 4) is 11.3 Å². The van der Waals surface area contributed by atoms with Crippen LogP contribution in [0.4, 0.5) is 5.82 Å². The van der Waals surface area contributed by atoms with E-state index in [9.17, 15) is 4.79 Å². The summed E-state index contributed by atoms with van der Waals surface area (Å²) in [5.74, 6) is 0.776. The second-order valence-corrected chi connectivity index (χ2v) is 5.65. The molecule has 1 N–H and O–H groups in total. The molecular weight excluding hydrogens is 341 g/mol. The minimum absolute atomic E-state index is 0.237. The lowest BCUT2D eigenvalue weighted by atomic mass is 10.1. The van der Waals surface area contributed by atoms with Crippen molar-refractivity contribution in [2.75, 3.05) is 5.32 Å². The van der Waals surface area contributed by atoms with Crippen molar-refractivity contribution in [3.63, 3.8) is 0 Å². The molecule has 1 aromatic carbocycles. The van der Waals surface area contributed by atoms with Gasteiger partial charge in [0.2, 0.25) is 0 Å². The molecule has 0 saturated heterocycles. The standard InChI is InChI=1S/C15H11Cl2N3O3/c1-7-6-11(19-22-7)18-15(21)12-8(2)23-20-14(12)13-9(16)4-3-5-10(13)17/h3-6H,1-2H3,(H,18,19,21). The monoisotopic (exact) mass is 351 g/mol. The maximum Gasteiger partial charge on any atom is 0.262 e. The van der Waals surface area contributed by atoms with E-state index < -0.39 is 5.91 Å². The highest BCUT2D eigenvalue weighted by molar-refractivity contribution is 6.39. The maximum atomic E-state index is 12.5. The Morgan fingerprint density at radius 3 is 2.43 bits per heavy atom. The number of nitrogens with one attached hydrogen (secondary N) is 1. The second-order valence-electron chi connectivity index (χ2n) is 4.84. The highest BCUT2D eigenvalue weighted by Crippen LogP contribution is 2.36. The van der Waals surface area contributed by atoms with Gasteiger partial charge in [-0.1, -0.05) is 39.6 Å². The molecule has 0 spiro atoms. The lowest BCUT2D eigenvalue weighted by Crippen LogP contribution is -2.13. The summed E-state index contributed by atoms with van der Waals surface area (Å²) in [6.07, 6.45) is 0. The molecule has 0 unspecified atom stereocenters. The van der Waals surface area contributed by atoms with E-state index >= 15 is 0 Å². The van der Waals surface area contributed by atoms with Crippen molar-refractivity contribution in [2.45, 2.75) is 13.8 Å². The van der Waals surface area contributed by atoms with Crippen LogP contribution in [0.5, 0.6) is 0 Å². The summed E-state index contributed by atoms with van der Waals surface area (Å²) in [5, 5.41) is 11.0. The van der Waals surface area contributed by atoms with Gasteiger partial charge >= 0.3 is 0 Å². The van der Waals surface area contributed by atoms with Gasteiger partial charge in [-0.25, -0.2) is 0 Å². The minimum atomic E-state index is -0.442. The molecule has 0 fully saturated rings. The number of halogens is 2. The van der Waals surface area contributed by atoms with Crippen LogP contribution in [-0.2, 0) is 0 Å². The average molecular weight is 352 g/mol. The summed E-state index contributed by atoms with van der Waals surface area (Å²) in [7, 11) is 0. The van der Waals surface area contributed by atoms with Crippen LogP contribution in [0.1, 0.15) is 21.9 Å². The molecule has 0 aliphatic heterocycles. The van der Waals surface area contributed by atoms with Crippen LogP contribution in [0.25, 0.3) is 11.3 Å². The van der Waals surface area contributed by atoms with Gasteiger partial charge in [0.25, 0.3) is 5.91 Å². The third kappa shape index (κ3) is 2.95. The molecule has 1 amide bonds. The number of aromatic nitrogens is 2. The van der Waals surface area contributed by atoms with Crippen molar-refractivity contribution in [1.82, 2.24) is 10.3 Å². The van der Waals surface area contributed by atoms with E-state index in [1.54, 1.807) is 38.1 Å². The molecule has 6 nitrogen and oxygen atoms in total. The Labute approximate surface area is 141 Å². The SMILES string of the molecule is Cc1cc(NC(=O)c2c(-c3c(Cl)cccc3Cl)noc2C)no1. The van der Waals surface area contributed by atoms with Crippen molar-refractivity contribution in [2.24, 2.45) is 0 Å². The fraction of sp³-hybridized carbons (Fsp3) is 0.133. The van der Waals surface area contributed by atoms with Gasteiger partial charge in [0.15, 0.2) is 5.82 Å². The van der Waals surface area contributed by atoms with E-state index in [2.05, 4.69) is 15.6 Å². The van der Waals surface area contributed by atoms with E-state index in [-0.39, 0.29) is 11.3 Å². The molecule has 2 aromatic heterocycles. The summed E-state index contributed by atoms with van der Waals surface area (Å²) in [4.78, 5) is 12.5. The van der Waals surface area contributed by atoms with Gasteiger partial charge in [0, 0.05) is 11.6 Å². The number of carbonyl (C=O) groups excluding carboxylic acids is 1. The zero-order valence-electron chi connectivity index (χ0n) is 12.2.